The molecule has 0 radical (unpaired) electrons. The molecule has 2 aromatic rings. The van der Waals surface area contributed by atoms with Crippen molar-refractivity contribution >= 4 is 34.9 Å². The van der Waals surface area contributed by atoms with Gasteiger partial charge in [-0.05, 0) is 6.92 Å². The van der Waals surface area contributed by atoms with Crippen LogP contribution >= 0.6 is 23.1 Å². The van der Waals surface area contributed by atoms with Gasteiger partial charge in [0.05, 0.1) is 30.0 Å². The number of esters is 1. The zero-order valence-corrected chi connectivity index (χ0v) is 12.5. The normalized spacial score (nSPS) is 10.3. The first kappa shape index (κ1) is 14.5. The molecule has 1 amide bonds. The molecule has 2 rings (SSSR count). The lowest BCUT2D eigenvalue weighted by Gasteiger charge is -2.00. The molecule has 0 atom stereocenters. The molecule has 0 saturated heterocycles. The summed E-state index contributed by atoms with van der Waals surface area (Å²) in [5, 5.41) is 3.50. The summed E-state index contributed by atoms with van der Waals surface area (Å²) in [6.45, 7) is 2.23. The lowest BCUT2D eigenvalue weighted by molar-refractivity contribution is 0.0593. The molecule has 9 heteroatoms. The Morgan fingerprint density at radius 2 is 2.25 bits per heavy atom. The number of nitrogens with zero attached hydrogens (tertiary/aromatic N) is 3. The molecule has 0 unspecified atom stereocenters. The fourth-order valence-electron chi connectivity index (χ4n) is 1.48. The maximum Gasteiger partial charge on any atom is 0.357 e. The molecule has 0 saturated carbocycles. The molecule has 20 heavy (non-hydrogen) atoms. The first-order valence-electron chi connectivity index (χ1n) is 5.72. The van der Waals surface area contributed by atoms with Gasteiger partial charge in [-0.2, -0.15) is 8.75 Å². The van der Waals surface area contributed by atoms with E-state index in [-0.39, 0.29) is 5.91 Å². The standard InChI is InChI=1S/C11H12N4O3S2/c1-6-9(11(17)18-2)14-8(19-6)3-4-12-10(16)7-5-13-20-15-7/h5H,3-4H2,1-2H3,(H,12,16). The van der Waals surface area contributed by atoms with Gasteiger partial charge in [0.15, 0.2) is 11.4 Å². The van der Waals surface area contributed by atoms with Crippen LogP contribution in [0.4, 0.5) is 0 Å². The molecule has 0 aliphatic rings. The maximum absolute atomic E-state index is 11.6. The fourth-order valence-corrected chi connectivity index (χ4v) is 2.81. The number of nitrogens with one attached hydrogen (secondary N) is 1. The highest BCUT2D eigenvalue weighted by Gasteiger charge is 2.15. The predicted molar refractivity (Wildman–Crippen MR) is 74.1 cm³/mol. The van der Waals surface area contributed by atoms with E-state index in [1.807, 2.05) is 6.92 Å². The van der Waals surface area contributed by atoms with Crippen molar-refractivity contribution in [2.75, 3.05) is 13.7 Å². The number of carbonyl (C=O) groups excluding carboxylic acids is 2. The van der Waals surface area contributed by atoms with Crippen LogP contribution in [0.5, 0.6) is 0 Å². The quantitative estimate of drug-likeness (QED) is 0.830. The van der Waals surface area contributed by atoms with Gasteiger partial charge in [0.25, 0.3) is 5.91 Å². The van der Waals surface area contributed by atoms with Crippen LogP contribution < -0.4 is 5.32 Å². The van der Waals surface area contributed by atoms with E-state index in [2.05, 4.69) is 23.8 Å². The average Bonchev–Trinajstić information content (AvgIpc) is 3.07. The average molecular weight is 312 g/mol. The summed E-state index contributed by atoms with van der Waals surface area (Å²) in [5.41, 5.74) is 0.642. The minimum Gasteiger partial charge on any atom is -0.464 e. The number of aromatic nitrogens is 3. The molecule has 0 bridgehead atoms. The van der Waals surface area contributed by atoms with Crippen LogP contribution in [-0.2, 0) is 11.2 Å². The topological polar surface area (TPSA) is 94.1 Å². The molecule has 0 fully saturated rings. The Bertz CT molecular complexity index is 609. The van der Waals surface area contributed by atoms with Crippen molar-refractivity contribution in [2.24, 2.45) is 0 Å². The van der Waals surface area contributed by atoms with Gasteiger partial charge in [0.2, 0.25) is 0 Å². The van der Waals surface area contributed by atoms with Gasteiger partial charge in [-0.1, -0.05) is 0 Å². The first-order valence-corrected chi connectivity index (χ1v) is 7.27. The number of methoxy groups -OCH3 is 1. The molecule has 0 aliphatic heterocycles. The number of thiazole rings is 1. The monoisotopic (exact) mass is 312 g/mol. The highest BCUT2D eigenvalue weighted by Crippen LogP contribution is 2.18. The second-order valence-corrected chi connectivity index (χ2v) is 5.65. The van der Waals surface area contributed by atoms with Crippen molar-refractivity contribution in [3.63, 3.8) is 0 Å². The predicted octanol–water partition coefficient (Wildman–Crippen LogP) is 1.06. The summed E-state index contributed by atoms with van der Waals surface area (Å²) < 4.78 is 12.2. The molecule has 2 heterocycles. The van der Waals surface area contributed by atoms with E-state index in [4.69, 9.17) is 0 Å². The minimum atomic E-state index is -0.442. The van der Waals surface area contributed by atoms with E-state index in [0.717, 1.165) is 21.6 Å². The SMILES string of the molecule is COC(=O)c1nc(CCNC(=O)c2cnsn2)sc1C. The number of hydrogen-bond donors (Lipinski definition) is 1. The second-order valence-electron chi connectivity index (χ2n) is 3.80. The van der Waals surface area contributed by atoms with Crippen molar-refractivity contribution in [2.45, 2.75) is 13.3 Å². The van der Waals surface area contributed by atoms with Crippen LogP contribution in [0.2, 0.25) is 0 Å². The van der Waals surface area contributed by atoms with Crippen molar-refractivity contribution < 1.29 is 14.3 Å². The molecular formula is C11H12N4O3S2. The summed E-state index contributed by atoms with van der Waals surface area (Å²) >= 11 is 2.40. The van der Waals surface area contributed by atoms with Crippen LogP contribution in [0.3, 0.4) is 0 Å². The Morgan fingerprint density at radius 3 is 2.90 bits per heavy atom. The Morgan fingerprint density at radius 1 is 1.45 bits per heavy atom. The van der Waals surface area contributed by atoms with Crippen LogP contribution in [0.1, 0.15) is 30.9 Å². The highest BCUT2D eigenvalue weighted by molar-refractivity contribution is 7.11. The summed E-state index contributed by atoms with van der Waals surface area (Å²) in [5.74, 6) is -0.706. The summed E-state index contributed by atoms with van der Waals surface area (Å²) in [7, 11) is 1.32. The Balaban J connectivity index is 1.88. The zero-order chi connectivity index (χ0) is 14.5. The third-order valence-electron chi connectivity index (χ3n) is 2.44. The Kier molecular flexibility index (Phi) is 4.74. The maximum atomic E-state index is 11.6. The number of carbonyl (C=O) groups is 2. The molecule has 1 N–H and O–H groups in total. The molecule has 0 aliphatic carbocycles. The molecule has 0 aromatic carbocycles. The van der Waals surface area contributed by atoms with Gasteiger partial charge in [-0.15, -0.1) is 11.3 Å². The molecular weight excluding hydrogens is 300 g/mol. The van der Waals surface area contributed by atoms with Gasteiger partial charge in [-0.3, -0.25) is 4.79 Å². The number of ether oxygens (including phenoxy) is 1. The summed E-state index contributed by atoms with van der Waals surface area (Å²) in [4.78, 5) is 28.1. The summed E-state index contributed by atoms with van der Waals surface area (Å²) in [6.07, 6.45) is 1.97. The van der Waals surface area contributed by atoms with Gasteiger partial charge in [0.1, 0.15) is 0 Å². The third-order valence-corrected chi connectivity index (χ3v) is 3.95. The van der Waals surface area contributed by atoms with Crippen LogP contribution in [0.15, 0.2) is 6.20 Å². The van der Waals surface area contributed by atoms with Gasteiger partial charge in [-0.25, -0.2) is 9.78 Å². The molecule has 0 spiro atoms. The highest BCUT2D eigenvalue weighted by atomic mass is 32.1. The number of aryl methyl sites for hydroxylation is 1. The lowest BCUT2D eigenvalue weighted by Crippen LogP contribution is -2.25. The van der Waals surface area contributed by atoms with E-state index >= 15 is 0 Å². The van der Waals surface area contributed by atoms with Gasteiger partial charge >= 0.3 is 5.97 Å². The summed E-state index contributed by atoms with van der Waals surface area (Å²) in [6, 6.07) is 0. The van der Waals surface area contributed by atoms with Gasteiger partial charge < -0.3 is 10.1 Å². The molecule has 7 nitrogen and oxygen atoms in total. The number of amides is 1. The second kappa shape index (κ2) is 6.53. The van der Waals surface area contributed by atoms with Crippen molar-refractivity contribution in [1.29, 1.82) is 0 Å². The largest absolute Gasteiger partial charge is 0.464 e. The Labute approximate surface area is 123 Å². The van der Waals surface area contributed by atoms with Gasteiger partial charge in [0, 0.05) is 17.8 Å². The first-order chi connectivity index (χ1) is 9.61. The zero-order valence-electron chi connectivity index (χ0n) is 10.9. The van der Waals surface area contributed by atoms with E-state index in [9.17, 15) is 9.59 Å². The fraction of sp³-hybridized carbons (Fsp3) is 0.364. The third kappa shape index (κ3) is 3.36. The van der Waals surface area contributed by atoms with E-state index in [0.29, 0.717) is 24.4 Å². The van der Waals surface area contributed by atoms with Crippen molar-refractivity contribution in [3.05, 3.63) is 27.5 Å². The van der Waals surface area contributed by atoms with E-state index in [1.165, 1.54) is 24.6 Å². The van der Waals surface area contributed by atoms with Crippen molar-refractivity contribution in [1.82, 2.24) is 19.0 Å². The van der Waals surface area contributed by atoms with Crippen LogP contribution in [0.25, 0.3) is 0 Å². The number of hydrogen-bond acceptors (Lipinski definition) is 8. The smallest absolute Gasteiger partial charge is 0.357 e. The molecule has 106 valence electrons. The van der Waals surface area contributed by atoms with Crippen molar-refractivity contribution in [3.8, 4) is 0 Å². The lowest BCUT2D eigenvalue weighted by atomic mass is 10.3. The van der Waals surface area contributed by atoms with Crippen LogP contribution in [-0.4, -0.2) is 39.3 Å². The van der Waals surface area contributed by atoms with E-state index in [1.54, 1.807) is 0 Å². The Hall–Kier alpha value is -1.87. The number of rotatable bonds is 5. The van der Waals surface area contributed by atoms with E-state index < -0.39 is 5.97 Å². The minimum absolute atomic E-state index is 0.264. The molecule has 2 aromatic heterocycles. The van der Waals surface area contributed by atoms with Crippen LogP contribution in [0, 0.1) is 6.92 Å².